The van der Waals surface area contributed by atoms with Crippen LogP contribution in [0.4, 0.5) is 0 Å². The van der Waals surface area contributed by atoms with Gasteiger partial charge < -0.3 is 4.98 Å². The maximum atomic E-state index is 11.6. The van der Waals surface area contributed by atoms with Gasteiger partial charge in [-0.25, -0.2) is 4.98 Å². The Hall–Kier alpha value is -1.13. The van der Waals surface area contributed by atoms with Crippen LogP contribution in [0.2, 0.25) is 5.02 Å². The third-order valence-corrected chi connectivity index (χ3v) is 4.18. The van der Waals surface area contributed by atoms with Gasteiger partial charge in [-0.15, -0.1) is 0 Å². The van der Waals surface area contributed by atoms with Gasteiger partial charge in [0.15, 0.2) is 0 Å². The molecule has 0 aliphatic heterocycles. The Labute approximate surface area is 117 Å². The molecule has 1 aromatic carbocycles. The summed E-state index contributed by atoms with van der Waals surface area (Å²) < 4.78 is 0.827. The van der Waals surface area contributed by atoms with E-state index >= 15 is 0 Å². The van der Waals surface area contributed by atoms with Crippen LogP contribution in [-0.4, -0.2) is 9.97 Å². The highest BCUT2D eigenvalue weighted by atomic mass is 79.9. The SMILES string of the molecule is O=c1cc(C2CC2)nc(-c2ccc(Br)c(Cl)c2)[nH]1. The molecular formula is C13H10BrClN2O. The summed E-state index contributed by atoms with van der Waals surface area (Å²) in [6, 6.07) is 7.11. The molecule has 1 aliphatic carbocycles. The van der Waals surface area contributed by atoms with Gasteiger partial charge in [-0.05, 0) is 40.9 Å². The molecule has 0 atom stereocenters. The first kappa shape index (κ1) is 11.9. The molecule has 0 amide bonds. The average molecular weight is 326 g/mol. The van der Waals surface area contributed by atoms with E-state index in [0.29, 0.717) is 16.8 Å². The maximum Gasteiger partial charge on any atom is 0.251 e. The van der Waals surface area contributed by atoms with Gasteiger partial charge in [0.05, 0.1) is 10.7 Å². The summed E-state index contributed by atoms with van der Waals surface area (Å²) in [7, 11) is 0. The number of aromatic nitrogens is 2. The molecule has 0 spiro atoms. The lowest BCUT2D eigenvalue weighted by atomic mass is 10.2. The molecule has 92 valence electrons. The molecule has 5 heteroatoms. The molecule has 1 saturated carbocycles. The summed E-state index contributed by atoms with van der Waals surface area (Å²) in [5.74, 6) is 1.04. The summed E-state index contributed by atoms with van der Waals surface area (Å²) in [4.78, 5) is 18.9. The topological polar surface area (TPSA) is 45.8 Å². The molecule has 3 rings (SSSR count). The molecule has 2 aromatic rings. The van der Waals surface area contributed by atoms with Crippen LogP contribution in [-0.2, 0) is 0 Å². The van der Waals surface area contributed by atoms with Crippen molar-refractivity contribution in [3.8, 4) is 11.4 Å². The molecule has 0 unspecified atom stereocenters. The van der Waals surface area contributed by atoms with Crippen LogP contribution in [0.25, 0.3) is 11.4 Å². The summed E-state index contributed by atoms with van der Waals surface area (Å²) in [6.07, 6.45) is 2.24. The number of nitrogens with one attached hydrogen (secondary N) is 1. The van der Waals surface area contributed by atoms with E-state index in [1.54, 1.807) is 12.1 Å². The number of hydrogen-bond donors (Lipinski definition) is 1. The lowest BCUT2D eigenvalue weighted by Gasteiger charge is -2.05. The zero-order valence-corrected chi connectivity index (χ0v) is 11.8. The predicted octanol–water partition coefficient (Wildman–Crippen LogP) is 3.73. The van der Waals surface area contributed by atoms with Crippen LogP contribution in [0.1, 0.15) is 24.5 Å². The minimum absolute atomic E-state index is 0.110. The first-order valence-corrected chi connectivity index (χ1v) is 6.87. The van der Waals surface area contributed by atoms with Crippen LogP contribution < -0.4 is 5.56 Å². The van der Waals surface area contributed by atoms with Crippen molar-refractivity contribution in [3.63, 3.8) is 0 Å². The zero-order valence-electron chi connectivity index (χ0n) is 9.41. The van der Waals surface area contributed by atoms with Crippen molar-refractivity contribution in [2.75, 3.05) is 0 Å². The molecule has 3 nitrogen and oxygen atoms in total. The smallest absolute Gasteiger partial charge is 0.251 e. The zero-order chi connectivity index (χ0) is 12.7. The van der Waals surface area contributed by atoms with Gasteiger partial charge in [0.1, 0.15) is 5.82 Å². The van der Waals surface area contributed by atoms with Gasteiger partial charge in [0.25, 0.3) is 5.56 Å². The van der Waals surface area contributed by atoms with Crippen molar-refractivity contribution in [1.29, 1.82) is 0 Å². The van der Waals surface area contributed by atoms with E-state index in [0.717, 1.165) is 28.6 Å². The maximum absolute atomic E-state index is 11.6. The van der Waals surface area contributed by atoms with E-state index in [1.807, 2.05) is 12.1 Å². The number of hydrogen-bond acceptors (Lipinski definition) is 2. The van der Waals surface area contributed by atoms with E-state index in [4.69, 9.17) is 11.6 Å². The highest BCUT2D eigenvalue weighted by molar-refractivity contribution is 9.10. The largest absolute Gasteiger partial charge is 0.307 e. The van der Waals surface area contributed by atoms with E-state index < -0.39 is 0 Å². The Morgan fingerprint density at radius 3 is 2.78 bits per heavy atom. The Balaban J connectivity index is 2.09. The number of rotatable bonds is 2. The second-order valence-electron chi connectivity index (χ2n) is 4.42. The third kappa shape index (κ3) is 2.35. The molecule has 18 heavy (non-hydrogen) atoms. The quantitative estimate of drug-likeness (QED) is 0.914. The lowest BCUT2D eigenvalue weighted by Crippen LogP contribution is -2.09. The van der Waals surface area contributed by atoms with Crippen molar-refractivity contribution >= 4 is 27.5 Å². The summed E-state index contributed by atoms with van der Waals surface area (Å²) in [5, 5.41) is 0.604. The molecular weight excluding hydrogens is 316 g/mol. The number of aromatic amines is 1. The van der Waals surface area contributed by atoms with Crippen molar-refractivity contribution in [1.82, 2.24) is 9.97 Å². The van der Waals surface area contributed by atoms with Gasteiger partial charge in [-0.1, -0.05) is 17.7 Å². The summed E-state index contributed by atoms with van der Waals surface area (Å²) in [6.45, 7) is 0. The third-order valence-electron chi connectivity index (χ3n) is 2.95. The van der Waals surface area contributed by atoms with Crippen LogP contribution in [0.5, 0.6) is 0 Å². The Morgan fingerprint density at radius 1 is 1.33 bits per heavy atom. The fraction of sp³-hybridized carbons (Fsp3) is 0.231. The Kier molecular flexibility index (Phi) is 2.99. The number of benzene rings is 1. The van der Waals surface area contributed by atoms with Gasteiger partial charge in [0, 0.05) is 22.0 Å². The second kappa shape index (κ2) is 4.52. The highest BCUT2D eigenvalue weighted by Crippen LogP contribution is 2.38. The van der Waals surface area contributed by atoms with Gasteiger partial charge in [0.2, 0.25) is 0 Å². The second-order valence-corrected chi connectivity index (χ2v) is 5.68. The number of H-pyrrole nitrogens is 1. The fourth-order valence-electron chi connectivity index (χ4n) is 1.84. The molecule has 0 bridgehead atoms. The standard InChI is InChI=1S/C13H10BrClN2O/c14-9-4-3-8(5-10(9)15)13-16-11(7-1-2-7)6-12(18)17-13/h3-7H,1-2H2,(H,16,17,18). The van der Waals surface area contributed by atoms with Crippen LogP contribution in [0.3, 0.4) is 0 Å². The normalized spacial score (nSPS) is 14.8. The predicted molar refractivity (Wildman–Crippen MR) is 75.0 cm³/mol. The molecule has 1 heterocycles. The van der Waals surface area contributed by atoms with E-state index in [-0.39, 0.29) is 5.56 Å². The molecule has 1 N–H and O–H groups in total. The highest BCUT2D eigenvalue weighted by Gasteiger charge is 2.25. The minimum atomic E-state index is -0.110. The molecule has 1 aliphatic rings. The van der Waals surface area contributed by atoms with E-state index in [9.17, 15) is 4.79 Å². The van der Waals surface area contributed by atoms with Crippen molar-refractivity contribution in [2.24, 2.45) is 0 Å². The number of halogens is 2. The minimum Gasteiger partial charge on any atom is -0.307 e. The summed E-state index contributed by atoms with van der Waals surface area (Å²) in [5.41, 5.74) is 1.59. The van der Waals surface area contributed by atoms with Crippen LogP contribution in [0, 0.1) is 0 Å². The molecule has 0 saturated heterocycles. The van der Waals surface area contributed by atoms with Crippen LogP contribution >= 0.6 is 27.5 Å². The first-order valence-electron chi connectivity index (χ1n) is 5.70. The van der Waals surface area contributed by atoms with Crippen molar-refractivity contribution in [2.45, 2.75) is 18.8 Å². The fourth-order valence-corrected chi connectivity index (χ4v) is 2.27. The summed E-state index contributed by atoms with van der Waals surface area (Å²) >= 11 is 9.39. The number of nitrogens with zero attached hydrogens (tertiary/aromatic N) is 1. The molecule has 1 aromatic heterocycles. The Bertz CT molecular complexity index is 664. The van der Waals surface area contributed by atoms with E-state index in [2.05, 4.69) is 25.9 Å². The monoisotopic (exact) mass is 324 g/mol. The van der Waals surface area contributed by atoms with Crippen LogP contribution in [0.15, 0.2) is 33.5 Å². The molecule has 0 radical (unpaired) electrons. The van der Waals surface area contributed by atoms with Gasteiger partial charge >= 0.3 is 0 Å². The van der Waals surface area contributed by atoms with E-state index in [1.165, 1.54) is 0 Å². The van der Waals surface area contributed by atoms with Gasteiger partial charge in [-0.3, -0.25) is 4.79 Å². The lowest BCUT2D eigenvalue weighted by molar-refractivity contribution is 0.977. The first-order chi connectivity index (χ1) is 8.63. The van der Waals surface area contributed by atoms with Gasteiger partial charge in [-0.2, -0.15) is 0 Å². The Morgan fingerprint density at radius 2 is 2.11 bits per heavy atom. The van der Waals surface area contributed by atoms with Crippen molar-refractivity contribution < 1.29 is 0 Å². The van der Waals surface area contributed by atoms with Crippen molar-refractivity contribution in [3.05, 3.63) is 49.8 Å². The average Bonchev–Trinajstić information content (AvgIpc) is 3.16. The molecule has 1 fully saturated rings.